The first kappa shape index (κ1) is 21.0. The maximum atomic E-state index is 13.1. The van der Waals surface area contributed by atoms with Gasteiger partial charge in [0.2, 0.25) is 11.6 Å². The molecule has 0 radical (unpaired) electrons. The maximum Gasteiger partial charge on any atom is 0.231 e. The molecule has 1 unspecified atom stereocenters. The molecule has 1 aliphatic heterocycles. The lowest BCUT2D eigenvalue weighted by atomic mass is 9.96. The first-order chi connectivity index (χ1) is 14.9. The van der Waals surface area contributed by atoms with E-state index >= 15 is 0 Å². The molecule has 2 aromatic heterocycles. The van der Waals surface area contributed by atoms with Crippen LogP contribution in [-0.4, -0.2) is 43.2 Å². The number of methoxy groups -OCH3 is 2. The van der Waals surface area contributed by atoms with E-state index in [1.807, 2.05) is 20.8 Å². The average molecular weight is 425 g/mol. The number of rotatable bonds is 5. The Morgan fingerprint density at radius 3 is 2.52 bits per heavy atom. The summed E-state index contributed by atoms with van der Waals surface area (Å²) in [6, 6.07) is 5.35. The molecule has 1 fully saturated rings. The van der Waals surface area contributed by atoms with Crippen molar-refractivity contribution in [2.45, 2.75) is 33.6 Å². The highest BCUT2D eigenvalue weighted by Gasteiger charge is 2.29. The summed E-state index contributed by atoms with van der Waals surface area (Å²) in [5.41, 5.74) is 2.30. The van der Waals surface area contributed by atoms with E-state index in [4.69, 9.17) is 18.9 Å². The number of piperidine rings is 1. The number of fused-ring (bicyclic) bond motifs is 1. The summed E-state index contributed by atoms with van der Waals surface area (Å²) in [4.78, 5) is 24.4. The van der Waals surface area contributed by atoms with Crippen LogP contribution in [0, 0.1) is 26.7 Å². The Bertz CT molecular complexity index is 1100. The van der Waals surface area contributed by atoms with Gasteiger partial charge in [0.25, 0.3) is 0 Å². The molecule has 0 bridgehead atoms. The average Bonchev–Trinajstić information content (AvgIpc) is 3.05. The molecule has 0 saturated carbocycles. The predicted octanol–water partition coefficient (Wildman–Crippen LogP) is 4.02. The zero-order valence-electron chi connectivity index (χ0n) is 18.6. The Labute approximate surface area is 181 Å². The van der Waals surface area contributed by atoms with E-state index in [9.17, 15) is 4.79 Å². The number of benzene rings is 1. The van der Waals surface area contributed by atoms with E-state index in [1.165, 1.54) is 0 Å². The molecule has 0 spiro atoms. The summed E-state index contributed by atoms with van der Waals surface area (Å²) < 4.78 is 16.4. The van der Waals surface area contributed by atoms with E-state index in [0.29, 0.717) is 35.3 Å². The third-order valence-electron chi connectivity index (χ3n) is 5.83. The van der Waals surface area contributed by atoms with Crippen LogP contribution in [0.1, 0.15) is 30.0 Å². The van der Waals surface area contributed by atoms with Crippen molar-refractivity contribution < 1.29 is 18.7 Å². The second-order valence-corrected chi connectivity index (χ2v) is 7.93. The highest BCUT2D eigenvalue weighted by atomic mass is 16.5. The van der Waals surface area contributed by atoms with E-state index in [1.54, 1.807) is 32.4 Å². The lowest BCUT2D eigenvalue weighted by molar-refractivity contribution is -0.120. The molecule has 4 rings (SSSR count). The highest BCUT2D eigenvalue weighted by Crippen LogP contribution is 2.34. The number of furan rings is 1. The van der Waals surface area contributed by atoms with E-state index in [2.05, 4.69) is 15.2 Å². The molecule has 8 heteroatoms. The van der Waals surface area contributed by atoms with Crippen molar-refractivity contribution in [1.82, 2.24) is 9.97 Å². The molecule has 1 saturated heterocycles. The lowest BCUT2D eigenvalue weighted by Crippen LogP contribution is -2.41. The molecule has 1 aliphatic rings. The van der Waals surface area contributed by atoms with E-state index in [0.717, 1.165) is 41.9 Å². The zero-order chi connectivity index (χ0) is 22.1. The van der Waals surface area contributed by atoms with Crippen molar-refractivity contribution in [2.24, 2.45) is 5.92 Å². The van der Waals surface area contributed by atoms with E-state index in [-0.39, 0.29) is 11.8 Å². The largest absolute Gasteiger partial charge is 0.497 e. The molecule has 1 aromatic carbocycles. The monoisotopic (exact) mass is 424 g/mol. The first-order valence-corrected chi connectivity index (χ1v) is 10.4. The topological polar surface area (TPSA) is 89.7 Å². The van der Waals surface area contributed by atoms with Crippen LogP contribution in [0.4, 0.5) is 11.5 Å². The van der Waals surface area contributed by atoms with Crippen molar-refractivity contribution in [3.63, 3.8) is 0 Å². The number of anilines is 2. The molecular formula is C23H28N4O4. The number of nitrogens with one attached hydrogen (secondary N) is 1. The Morgan fingerprint density at radius 2 is 1.84 bits per heavy atom. The van der Waals surface area contributed by atoms with Gasteiger partial charge in [-0.05, 0) is 33.6 Å². The van der Waals surface area contributed by atoms with Gasteiger partial charge in [-0.1, -0.05) is 0 Å². The van der Waals surface area contributed by atoms with Gasteiger partial charge in [0.05, 0.1) is 25.5 Å². The minimum absolute atomic E-state index is 0.0258. The van der Waals surface area contributed by atoms with Gasteiger partial charge in [0.15, 0.2) is 0 Å². The number of aromatic nitrogens is 2. The third-order valence-corrected chi connectivity index (χ3v) is 5.83. The van der Waals surface area contributed by atoms with Crippen LogP contribution in [0.3, 0.4) is 0 Å². The SMILES string of the molecule is COc1cc(NC(=O)C2CCCN(c3nc(C)nc4oc(C)c(C)c34)C2)cc(OC)c1. The molecule has 0 aliphatic carbocycles. The molecule has 31 heavy (non-hydrogen) atoms. The molecular weight excluding hydrogens is 396 g/mol. The van der Waals surface area contributed by atoms with Crippen molar-refractivity contribution in [2.75, 3.05) is 37.5 Å². The summed E-state index contributed by atoms with van der Waals surface area (Å²) in [5.74, 6) is 3.42. The minimum Gasteiger partial charge on any atom is -0.497 e. The Morgan fingerprint density at radius 1 is 1.13 bits per heavy atom. The van der Waals surface area contributed by atoms with Crippen molar-refractivity contribution in [3.8, 4) is 11.5 Å². The van der Waals surface area contributed by atoms with Gasteiger partial charge in [0.1, 0.15) is 28.9 Å². The first-order valence-electron chi connectivity index (χ1n) is 10.4. The molecule has 164 valence electrons. The van der Waals surface area contributed by atoms with Crippen molar-refractivity contribution >= 4 is 28.5 Å². The number of nitrogens with zero attached hydrogens (tertiary/aromatic N) is 3. The van der Waals surface area contributed by atoms with Gasteiger partial charge in [-0.3, -0.25) is 4.79 Å². The number of aryl methyl sites for hydroxylation is 3. The fourth-order valence-corrected chi connectivity index (χ4v) is 4.07. The Hall–Kier alpha value is -3.29. The summed E-state index contributed by atoms with van der Waals surface area (Å²) >= 11 is 0. The zero-order valence-corrected chi connectivity index (χ0v) is 18.6. The quantitative estimate of drug-likeness (QED) is 0.662. The second-order valence-electron chi connectivity index (χ2n) is 7.93. The van der Waals surface area contributed by atoms with Gasteiger partial charge in [-0.25, -0.2) is 4.98 Å². The van der Waals surface area contributed by atoms with Gasteiger partial charge in [-0.15, -0.1) is 0 Å². The second kappa shape index (κ2) is 8.45. The molecule has 1 atom stereocenters. The number of carbonyl (C=O) groups excluding carboxylic acids is 1. The van der Waals surface area contributed by atoms with Gasteiger partial charge >= 0.3 is 0 Å². The minimum atomic E-state index is -0.162. The van der Waals surface area contributed by atoms with E-state index < -0.39 is 0 Å². The molecule has 3 heterocycles. The Kier molecular flexibility index (Phi) is 5.71. The maximum absolute atomic E-state index is 13.1. The van der Waals surface area contributed by atoms with Crippen LogP contribution in [-0.2, 0) is 4.79 Å². The number of ether oxygens (including phenoxy) is 2. The van der Waals surface area contributed by atoms with Gasteiger partial charge < -0.3 is 24.1 Å². The normalized spacial score (nSPS) is 16.4. The molecule has 8 nitrogen and oxygen atoms in total. The van der Waals surface area contributed by atoms with Crippen molar-refractivity contribution in [1.29, 1.82) is 0 Å². The number of amides is 1. The molecule has 1 N–H and O–H groups in total. The number of hydrogen-bond donors (Lipinski definition) is 1. The standard InChI is InChI=1S/C23H28N4O4/c1-13-14(2)31-23-20(13)21(24-15(3)25-23)27-8-6-7-16(12-27)22(28)26-17-9-18(29-4)11-19(10-17)30-5/h9-11,16H,6-8,12H2,1-5H3,(H,26,28). The highest BCUT2D eigenvalue weighted by molar-refractivity contribution is 5.94. The van der Waals surface area contributed by atoms with Crippen molar-refractivity contribution in [3.05, 3.63) is 35.3 Å². The molecule has 3 aromatic rings. The summed E-state index contributed by atoms with van der Waals surface area (Å²) in [6.07, 6.45) is 1.72. The molecule has 1 amide bonds. The van der Waals surface area contributed by atoms with Crippen LogP contribution in [0.25, 0.3) is 11.1 Å². The van der Waals surface area contributed by atoms with Crippen LogP contribution >= 0.6 is 0 Å². The summed E-state index contributed by atoms with van der Waals surface area (Å²) in [5, 5.41) is 3.95. The fraction of sp³-hybridized carbons (Fsp3) is 0.435. The fourth-order valence-electron chi connectivity index (χ4n) is 4.07. The summed E-state index contributed by atoms with van der Waals surface area (Å²) in [6.45, 7) is 7.24. The van der Waals surface area contributed by atoms with Crippen LogP contribution in [0.5, 0.6) is 11.5 Å². The number of carbonyl (C=O) groups is 1. The third kappa shape index (κ3) is 4.15. The van der Waals surface area contributed by atoms with Crippen LogP contribution in [0.2, 0.25) is 0 Å². The smallest absolute Gasteiger partial charge is 0.231 e. The predicted molar refractivity (Wildman–Crippen MR) is 119 cm³/mol. The van der Waals surface area contributed by atoms with Gasteiger partial charge in [0, 0.05) is 42.5 Å². The van der Waals surface area contributed by atoms with Crippen LogP contribution in [0.15, 0.2) is 22.6 Å². The Balaban J connectivity index is 1.57. The van der Waals surface area contributed by atoms with Gasteiger partial charge in [-0.2, -0.15) is 4.98 Å². The van der Waals surface area contributed by atoms with Crippen LogP contribution < -0.4 is 19.7 Å². The number of hydrogen-bond acceptors (Lipinski definition) is 7. The lowest BCUT2D eigenvalue weighted by Gasteiger charge is -2.33. The summed E-state index contributed by atoms with van der Waals surface area (Å²) in [7, 11) is 3.17.